The van der Waals surface area contributed by atoms with Crippen molar-refractivity contribution < 1.29 is 9.90 Å². The van der Waals surface area contributed by atoms with E-state index in [0.717, 1.165) is 35.4 Å². The van der Waals surface area contributed by atoms with Crippen molar-refractivity contribution in [2.24, 2.45) is 5.92 Å². The predicted molar refractivity (Wildman–Crippen MR) is 173 cm³/mol. The van der Waals surface area contributed by atoms with E-state index in [9.17, 15) is 9.90 Å². The molecule has 4 aromatic rings. The second-order valence-electron chi connectivity index (χ2n) is 11.3. The first-order valence-corrected chi connectivity index (χ1v) is 14.3. The number of hydrogen-bond acceptors (Lipinski definition) is 2. The fourth-order valence-corrected chi connectivity index (χ4v) is 5.24. The van der Waals surface area contributed by atoms with Crippen molar-refractivity contribution >= 4 is 17.2 Å². The maximum atomic E-state index is 11.7. The molecule has 210 valence electrons. The van der Waals surface area contributed by atoms with Gasteiger partial charge in [-0.05, 0) is 95.7 Å². The minimum Gasteiger partial charge on any atom is -0.478 e. The van der Waals surface area contributed by atoms with Gasteiger partial charge < -0.3 is 10.4 Å². The smallest absolute Gasteiger partial charge is 0.336 e. The van der Waals surface area contributed by atoms with E-state index >= 15 is 0 Å². The number of aromatic carboxylic acids is 1. The molecule has 3 heteroatoms. The predicted octanol–water partition coefficient (Wildman–Crippen LogP) is 9.61. The summed E-state index contributed by atoms with van der Waals surface area (Å²) in [5, 5.41) is 13.1. The number of hydrogen-bond donors (Lipinski definition) is 2. The third-order valence-corrected chi connectivity index (χ3v) is 8.23. The van der Waals surface area contributed by atoms with Crippen LogP contribution in [-0.4, -0.2) is 11.1 Å². The topological polar surface area (TPSA) is 49.3 Å². The molecule has 0 fully saturated rings. The molecule has 0 saturated heterocycles. The molecule has 4 rings (SSSR count). The highest BCUT2D eigenvalue weighted by molar-refractivity contribution is 5.96. The number of carboxylic acids is 1. The summed E-state index contributed by atoms with van der Waals surface area (Å²) in [6.07, 6.45) is 0.933. The van der Waals surface area contributed by atoms with Gasteiger partial charge in [-0.25, -0.2) is 4.79 Å². The van der Waals surface area contributed by atoms with Crippen LogP contribution in [0.4, 0.5) is 0 Å². The summed E-state index contributed by atoms with van der Waals surface area (Å²) in [6.45, 7) is 16.3. The number of carboxylic acid groups (broad SMARTS) is 1. The van der Waals surface area contributed by atoms with Crippen LogP contribution in [-0.2, 0) is 13.0 Å². The van der Waals surface area contributed by atoms with Gasteiger partial charge in [-0.1, -0.05) is 111 Å². The number of allylic oxidation sites excluding steroid dienone is 2. The maximum absolute atomic E-state index is 11.7. The highest BCUT2D eigenvalue weighted by Crippen LogP contribution is 2.35. The molecule has 2 atom stereocenters. The molecule has 2 N–H and O–H groups in total. The molecular formula is C38H41NO2. The van der Waals surface area contributed by atoms with Crippen molar-refractivity contribution in [2.75, 3.05) is 0 Å². The van der Waals surface area contributed by atoms with Crippen molar-refractivity contribution in [3.63, 3.8) is 0 Å². The monoisotopic (exact) mass is 543 g/mol. The summed E-state index contributed by atoms with van der Waals surface area (Å²) in [7, 11) is 0. The van der Waals surface area contributed by atoms with Gasteiger partial charge in [0.25, 0.3) is 0 Å². The van der Waals surface area contributed by atoms with Gasteiger partial charge in [0, 0.05) is 12.2 Å². The van der Waals surface area contributed by atoms with Crippen LogP contribution in [0.1, 0.15) is 78.7 Å². The van der Waals surface area contributed by atoms with Gasteiger partial charge in [0.2, 0.25) is 0 Å². The lowest BCUT2D eigenvalue weighted by atomic mass is 9.80. The highest BCUT2D eigenvalue weighted by atomic mass is 16.4. The van der Waals surface area contributed by atoms with E-state index in [0.29, 0.717) is 17.4 Å². The third-order valence-electron chi connectivity index (χ3n) is 8.23. The normalized spacial score (nSPS) is 12.3. The number of rotatable bonds is 11. The summed E-state index contributed by atoms with van der Waals surface area (Å²) < 4.78 is 0. The Morgan fingerprint density at radius 1 is 0.805 bits per heavy atom. The first-order chi connectivity index (χ1) is 19.7. The Balaban J connectivity index is 1.53. The molecule has 4 aromatic carbocycles. The minimum absolute atomic E-state index is 0.325. The van der Waals surface area contributed by atoms with Crippen LogP contribution in [0, 0.1) is 5.92 Å². The van der Waals surface area contributed by atoms with Crippen molar-refractivity contribution in [2.45, 2.75) is 53.5 Å². The van der Waals surface area contributed by atoms with Crippen LogP contribution in [0.2, 0.25) is 0 Å². The first kappa shape index (κ1) is 29.6. The van der Waals surface area contributed by atoms with Gasteiger partial charge in [0.15, 0.2) is 0 Å². The lowest BCUT2D eigenvalue weighted by Crippen LogP contribution is -2.13. The molecule has 41 heavy (non-hydrogen) atoms. The van der Waals surface area contributed by atoms with E-state index in [1.165, 1.54) is 33.4 Å². The lowest BCUT2D eigenvalue weighted by molar-refractivity contribution is 0.0697. The molecule has 0 spiro atoms. The molecule has 0 aliphatic carbocycles. The molecule has 0 bridgehead atoms. The second-order valence-corrected chi connectivity index (χ2v) is 11.3. The Labute approximate surface area is 245 Å². The van der Waals surface area contributed by atoms with E-state index < -0.39 is 5.97 Å². The lowest BCUT2D eigenvalue weighted by Gasteiger charge is -2.25. The average molecular weight is 544 g/mol. The van der Waals surface area contributed by atoms with Gasteiger partial charge in [-0.3, -0.25) is 0 Å². The third kappa shape index (κ3) is 7.24. The van der Waals surface area contributed by atoms with E-state index in [4.69, 9.17) is 0 Å². The van der Waals surface area contributed by atoms with Crippen molar-refractivity contribution in [1.29, 1.82) is 0 Å². The molecular weight excluding hydrogens is 502 g/mol. The Kier molecular flexibility index (Phi) is 9.62. The molecule has 0 saturated carbocycles. The largest absolute Gasteiger partial charge is 0.478 e. The SMILES string of the molecule is C=C(NCc1ccccc1)c1ccc(C(C)C(C)Cc2ccc(-c3ccccc3C(=O)O)cc2)c(C(C)=C(C)C)c1. The van der Waals surface area contributed by atoms with E-state index in [1.807, 2.05) is 30.3 Å². The Bertz CT molecular complexity index is 1540. The van der Waals surface area contributed by atoms with Gasteiger partial charge in [0.1, 0.15) is 0 Å². The molecule has 0 heterocycles. The van der Waals surface area contributed by atoms with E-state index in [1.54, 1.807) is 12.1 Å². The summed E-state index contributed by atoms with van der Waals surface area (Å²) >= 11 is 0. The fourth-order valence-electron chi connectivity index (χ4n) is 5.24. The molecule has 0 amide bonds. The summed E-state index contributed by atoms with van der Waals surface area (Å²) in [6, 6.07) is 32.6. The molecule has 0 radical (unpaired) electrons. The van der Waals surface area contributed by atoms with Gasteiger partial charge in [0.05, 0.1) is 5.56 Å². The van der Waals surface area contributed by atoms with Crippen molar-refractivity contribution in [3.05, 3.63) is 143 Å². The molecule has 0 aliphatic rings. The van der Waals surface area contributed by atoms with Crippen LogP contribution in [0.25, 0.3) is 22.4 Å². The zero-order valence-corrected chi connectivity index (χ0v) is 24.9. The Morgan fingerprint density at radius 2 is 1.46 bits per heavy atom. The average Bonchev–Trinajstić information content (AvgIpc) is 2.99. The second kappa shape index (κ2) is 13.3. The van der Waals surface area contributed by atoms with E-state index in [-0.39, 0.29) is 0 Å². The molecule has 0 aliphatic heterocycles. The standard InChI is InChI=1S/C38H41NO2/c1-25(2)27(4)37-23-33(29(6)39-24-31-12-8-7-9-13-31)20-21-34(37)28(5)26(3)22-30-16-18-32(19-17-30)35-14-10-11-15-36(35)38(40)41/h7-21,23,26,28,39H,6,22,24H2,1-5H3,(H,40,41). The van der Waals surface area contributed by atoms with Crippen molar-refractivity contribution in [3.8, 4) is 11.1 Å². The van der Waals surface area contributed by atoms with Gasteiger partial charge in [-0.15, -0.1) is 0 Å². The maximum Gasteiger partial charge on any atom is 0.336 e. The zero-order chi connectivity index (χ0) is 29.5. The number of benzene rings is 4. The number of carbonyl (C=O) groups is 1. The van der Waals surface area contributed by atoms with Crippen molar-refractivity contribution in [1.82, 2.24) is 5.32 Å². The van der Waals surface area contributed by atoms with Gasteiger partial charge in [-0.2, -0.15) is 0 Å². The molecule has 3 nitrogen and oxygen atoms in total. The Morgan fingerprint density at radius 3 is 2.12 bits per heavy atom. The van der Waals surface area contributed by atoms with Gasteiger partial charge >= 0.3 is 5.97 Å². The van der Waals surface area contributed by atoms with E-state index in [2.05, 4.69) is 101 Å². The first-order valence-electron chi connectivity index (χ1n) is 14.3. The highest BCUT2D eigenvalue weighted by Gasteiger charge is 2.20. The van der Waals surface area contributed by atoms with Crippen LogP contribution in [0.15, 0.2) is 109 Å². The molecule has 0 aromatic heterocycles. The van der Waals surface area contributed by atoms with Crippen LogP contribution < -0.4 is 5.32 Å². The zero-order valence-electron chi connectivity index (χ0n) is 24.9. The van der Waals surface area contributed by atoms with Crippen LogP contribution in [0.5, 0.6) is 0 Å². The molecule has 2 unspecified atom stereocenters. The van der Waals surface area contributed by atoms with Crippen LogP contribution >= 0.6 is 0 Å². The Hall–Kier alpha value is -4.37. The fraction of sp³-hybridized carbons (Fsp3) is 0.237. The summed E-state index contributed by atoms with van der Waals surface area (Å²) in [5.41, 5.74) is 11.7. The number of nitrogens with one attached hydrogen (secondary N) is 1. The summed E-state index contributed by atoms with van der Waals surface area (Å²) in [5.74, 6) is -0.163. The van der Waals surface area contributed by atoms with Crippen LogP contribution in [0.3, 0.4) is 0 Å². The quantitative estimate of drug-likeness (QED) is 0.198. The minimum atomic E-state index is -0.906. The summed E-state index contributed by atoms with van der Waals surface area (Å²) in [4.78, 5) is 11.7.